The first-order valence-electron chi connectivity index (χ1n) is 20.5. The minimum absolute atomic E-state index is 0.00510. The molecule has 0 spiro atoms. The molecule has 2 aliphatic rings. The number of carbonyl (C=O) groups excluding carboxylic acids is 2. The first-order chi connectivity index (χ1) is 29.1. The van der Waals surface area contributed by atoms with Crippen molar-refractivity contribution in [3.05, 3.63) is 78.9 Å². The molecule has 0 saturated carbocycles. The van der Waals surface area contributed by atoms with Gasteiger partial charge in [-0.15, -0.1) is 4.33 Å². The number of ether oxygens (including phenoxy) is 4. The minimum atomic E-state index is -4.32. The number of hydrogen-bond acceptors (Lipinski definition) is 15. The number of rotatable bonds is 24. The van der Waals surface area contributed by atoms with E-state index in [1.54, 1.807) is 44.2 Å². The van der Waals surface area contributed by atoms with E-state index in [0.29, 0.717) is 44.5 Å². The van der Waals surface area contributed by atoms with Crippen molar-refractivity contribution in [2.75, 3.05) is 26.4 Å². The first kappa shape index (κ1) is 48.2. The van der Waals surface area contributed by atoms with Crippen LogP contribution in [0.2, 0.25) is 0 Å². The van der Waals surface area contributed by atoms with Gasteiger partial charge in [-0.3, -0.25) is 0 Å². The van der Waals surface area contributed by atoms with Gasteiger partial charge in [0.25, 0.3) is 0 Å². The van der Waals surface area contributed by atoms with Crippen molar-refractivity contribution >= 4 is 80.9 Å². The van der Waals surface area contributed by atoms with E-state index in [1.165, 1.54) is 59.2 Å². The molecule has 2 aliphatic heterocycles. The Labute approximate surface area is 376 Å². The Balaban J connectivity index is 1.70. The smallest absolute Gasteiger partial charge is 0.351 e. The summed E-state index contributed by atoms with van der Waals surface area (Å²) in [6, 6.07) is 16.9. The van der Waals surface area contributed by atoms with Crippen LogP contribution in [0.15, 0.2) is 103 Å². The van der Waals surface area contributed by atoms with Gasteiger partial charge in [-0.1, -0.05) is 150 Å². The van der Waals surface area contributed by atoms with Crippen LogP contribution in [0.3, 0.4) is 0 Å². The quantitative estimate of drug-likeness (QED) is 0.0278. The van der Waals surface area contributed by atoms with Crippen molar-refractivity contribution in [2.24, 2.45) is 11.8 Å². The average molecular weight is 935 g/mol. The lowest BCUT2D eigenvalue weighted by atomic mass is 10.0. The molecule has 326 valence electrons. The molecule has 3 aromatic rings. The molecular weight excluding hydrogens is 881 g/mol. The molecule has 0 amide bonds. The Morgan fingerprint density at radius 3 is 1.57 bits per heavy atom. The van der Waals surface area contributed by atoms with Crippen molar-refractivity contribution in [2.45, 2.75) is 117 Å². The largest absolute Gasteiger partial charge is 0.491 e. The third kappa shape index (κ3) is 12.2. The number of carbonyl (C=O) groups is 2. The Morgan fingerprint density at radius 2 is 1.10 bits per heavy atom. The van der Waals surface area contributed by atoms with E-state index in [0.717, 1.165) is 73.2 Å². The van der Waals surface area contributed by atoms with Gasteiger partial charge in [-0.2, -0.15) is 0 Å². The molecule has 2 heterocycles. The summed E-state index contributed by atoms with van der Waals surface area (Å²) < 4.78 is 59.8. The van der Waals surface area contributed by atoms with E-state index in [1.807, 2.05) is 18.2 Å². The molecule has 0 aromatic heterocycles. The number of thioether (sulfide) groups is 4. The molecule has 16 heteroatoms. The molecule has 0 bridgehead atoms. The van der Waals surface area contributed by atoms with Crippen LogP contribution in [-0.2, 0) is 33.2 Å². The molecule has 3 aromatic carbocycles. The van der Waals surface area contributed by atoms with E-state index in [-0.39, 0.29) is 39.1 Å². The molecule has 10 nitrogen and oxygen atoms in total. The summed E-state index contributed by atoms with van der Waals surface area (Å²) in [4.78, 5) is 35.4. The summed E-state index contributed by atoms with van der Waals surface area (Å²) in [5.41, 5.74) is 0. The summed E-state index contributed by atoms with van der Waals surface area (Å²) >= 11 is 5.79. The average Bonchev–Trinajstić information content (AvgIpc) is 3.89. The van der Waals surface area contributed by atoms with Crippen LogP contribution < -0.4 is 14.4 Å². The number of benzene rings is 3. The van der Waals surface area contributed by atoms with Gasteiger partial charge >= 0.3 is 11.9 Å². The van der Waals surface area contributed by atoms with Crippen molar-refractivity contribution < 1.29 is 46.2 Å². The molecule has 0 fully saturated rings. The topological polar surface area (TPSA) is 124 Å². The first-order valence-corrected chi connectivity index (χ1v) is 26.0. The van der Waals surface area contributed by atoms with Crippen LogP contribution in [0.25, 0.3) is 0 Å². The Kier molecular flexibility index (Phi) is 19.4. The Bertz CT molecular complexity index is 2030. The number of esters is 2. The van der Waals surface area contributed by atoms with Gasteiger partial charge in [0.1, 0.15) is 16.4 Å². The van der Waals surface area contributed by atoms with Crippen molar-refractivity contribution in [3.63, 3.8) is 0 Å². The highest BCUT2D eigenvalue weighted by molar-refractivity contribution is 8.26. The van der Waals surface area contributed by atoms with E-state index in [9.17, 15) is 18.0 Å². The molecule has 0 aliphatic carbocycles. The predicted octanol–water partition coefficient (Wildman–Crippen LogP) is 12.9. The van der Waals surface area contributed by atoms with E-state index < -0.39 is 26.7 Å². The third-order valence-electron chi connectivity index (χ3n) is 9.64. The molecule has 0 radical (unpaired) electrons. The van der Waals surface area contributed by atoms with E-state index in [4.69, 9.17) is 28.2 Å². The molecule has 5 rings (SSSR count). The maximum absolute atomic E-state index is 14.3. The lowest BCUT2D eigenvalue weighted by molar-refractivity contribution is -0.138. The van der Waals surface area contributed by atoms with Crippen LogP contribution in [0.4, 0.5) is 0 Å². The normalized spacial score (nSPS) is 14.2. The van der Waals surface area contributed by atoms with Crippen LogP contribution in [0.1, 0.15) is 92.9 Å². The molecular formula is C44H54O10S6. The highest BCUT2D eigenvalue weighted by Crippen LogP contribution is 2.69. The van der Waals surface area contributed by atoms with E-state index in [2.05, 4.69) is 27.7 Å². The van der Waals surface area contributed by atoms with Crippen LogP contribution in [0.5, 0.6) is 17.2 Å². The summed E-state index contributed by atoms with van der Waals surface area (Å²) in [6.45, 7) is 13.0. The Morgan fingerprint density at radius 1 is 0.633 bits per heavy atom. The number of fused-ring (bicyclic) bond motifs is 2. The van der Waals surface area contributed by atoms with Gasteiger partial charge < -0.3 is 23.8 Å². The van der Waals surface area contributed by atoms with Crippen molar-refractivity contribution in [1.82, 2.24) is 0 Å². The van der Waals surface area contributed by atoms with Crippen LogP contribution in [-0.4, -0.2) is 46.8 Å². The van der Waals surface area contributed by atoms with Gasteiger partial charge in [0.15, 0.2) is 10.7 Å². The third-order valence-corrected chi connectivity index (χ3v) is 17.8. The SMILES string of the molecule is CCCCC(CC)COc1c2c(c(OCC(CC)CCCC)c3c1SC(=C(C(=O)OCC)S(=O)(=O)c1ccccc1)S3)SC(=C(SOOc1ccccc1)C(=O)OCC)S2. The monoisotopic (exact) mass is 934 g/mol. The minimum Gasteiger partial charge on any atom is -0.491 e. The van der Waals surface area contributed by atoms with E-state index >= 15 is 0 Å². The lowest BCUT2D eigenvalue weighted by Gasteiger charge is -2.22. The zero-order chi connectivity index (χ0) is 43.1. The van der Waals surface area contributed by atoms with Gasteiger partial charge in [-0.05, 0) is 62.8 Å². The second-order valence-electron chi connectivity index (χ2n) is 13.9. The fraction of sp³-hybridized carbons (Fsp3) is 0.455. The highest BCUT2D eigenvalue weighted by atomic mass is 32.2. The van der Waals surface area contributed by atoms with Crippen molar-refractivity contribution in [1.29, 1.82) is 0 Å². The number of unbranched alkanes of at least 4 members (excludes halogenated alkanes) is 2. The number of para-hydroxylation sites is 1. The maximum atomic E-state index is 14.3. The van der Waals surface area contributed by atoms with Crippen LogP contribution >= 0.6 is 59.1 Å². The summed E-state index contributed by atoms with van der Waals surface area (Å²) in [6.07, 6.45) is 8.02. The van der Waals surface area contributed by atoms with Gasteiger partial charge in [0.05, 0.1) is 71.4 Å². The van der Waals surface area contributed by atoms with Crippen LogP contribution in [0, 0.1) is 11.8 Å². The molecule has 2 atom stereocenters. The zero-order valence-corrected chi connectivity index (χ0v) is 39.8. The zero-order valence-electron chi connectivity index (χ0n) is 34.9. The second-order valence-corrected chi connectivity index (χ2v) is 21.1. The number of hydrogen-bond donors (Lipinski definition) is 0. The summed E-state index contributed by atoms with van der Waals surface area (Å²) in [5.74, 6) is 0.567. The highest BCUT2D eigenvalue weighted by Gasteiger charge is 2.43. The van der Waals surface area contributed by atoms with Crippen molar-refractivity contribution in [3.8, 4) is 17.2 Å². The molecule has 60 heavy (non-hydrogen) atoms. The second kappa shape index (κ2) is 24.1. The maximum Gasteiger partial charge on any atom is 0.351 e. The molecule has 0 N–H and O–H groups in total. The molecule has 2 unspecified atom stereocenters. The fourth-order valence-electron chi connectivity index (χ4n) is 6.18. The fourth-order valence-corrected chi connectivity index (χ4v) is 14.3. The number of sulfone groups is 1. The van der Waals surface area contributed by atoms with Gasteiger partial charge in [-0.25, -0.2) is 18.0 Å². The summed E-state index contributed by atoms with van der Waals surface area (Å²) in [7, 11) is -4.32. The Hall–Kier alpha value is -2.86. The van der Waals surface area contributed by atoms with Gasteiger partial charge in [0.2, 0.25) is 9.84 Å². The van der Waals surface area contributed by atoms with Gasteiger partial charge in [0, 0.05) is 0 Å². The predicted molar refractivity (Wildman–Crippen MR) is 244 cm³/mol. The molecule has 0 saturated heterocycles. The lowest BCUT2D eigenvalue weighted by Crippen LogP contribution is -2.17. The standard InChI is InChI=1S/C44H54O10S6/c1-7-13-21-29(9-3)27-51-33-35-36(56-43(55-35)39(41(45)49-11-5)59-54-53-31-23-17-15-18-24-31)34(52-28-30(10-4)22-14-8-2)38-37(33)57-44(58-38)40(42(46)50-12-6)60(47,48)32-25-19-16-20-26-32/h15-20,23-26,29-30H,7-14,21-22,27-28H2,1-6H3. The summed E-state index contributed by atoms with van der Waals surface area (Å²) in [5, 5.41) is 0.